The van der Waals surface area contributed by atoms with Crippen LogP contribution in [0.3, 0.4) is 0 Å². The topological polar surface area (TPSA) is 37.4 Å². The van der Waals surface area contributed by atoms with Crippen LogP contribution in [0.4, 0.5) is 10.1 Å². The first-order valence-corrected chi connectivity index (χ1v) is 9.02. The fourth-order valence-electron chi connectivity index (χ4n) is 3.85. The molecule has 0 saturated heterocycles. The highest BCUT2D eigenvalue weighted by atomic mass is 32.2. The summed E-state index contributed by atoms with van der Waals surface area (Å²) in [4.78, 5) is 26.3. The summed E-state index contributed by atoms with van der Waals surface area (Å²) in [7, 11) is 0. The van der Waals surface area contributed by atoms with E-state index in [9.17, 15) is 14.0 Å². The monoisotopic (exact) mass is 361 g/mol. The number of benzene rings is 3. The zero-order chi connectivity index (χ0) is 17.9. The predicted molar refractivity (Wildman–Crippen MR) is 101 cm³/mol. The molecule has 0 fully saturated rings. The number of anilines is 1. The van der Waals surface area contributed by atoms with Gasteiger partial charge in [-0.05, 0) is 28.3 Å². The van der Waals surface area contributed by atoms with E-state index in [2.05, 4.69) is 0 Å². The number of para-hydroxylation sites is 1. The lowest BCUT2D eigenvalue weighted by molar-refractivity contribution is -0.114. The van der Waals surface area contributed by atoms with Crippen LogP contribution in [-0.2, 0) is 9.67 Å². The van der Waals surface area contributed by atoms with Gasteiger partial charge in [-0.1, -0.05) is 60.3 Å². The van der Waals surface area contributed by atoms with E-state index in [1.165, 1.54) is 34.9 Å². The summed E-state index contributed by atoms with van der Waals surface area (Å²) in [6.07, 6.45) is 1.37. The summed E-state index contributed by atoms with van der Waals surface area (Å²) in [5, 5.41) is 3.39. The second-order valence-electron chi connectivity index (χ2n) is 6.23. The number of Topliss-reactive ketones (excluding diaryl/α,β-unsaturated/α-hetero) is 1. The number of halogens is 1. The molecular formula is C21H12FNO2S. The Morgan fingerprint density at radius 2 is 1.69 bits per heavy atom. The zero-order valence-corrected chi connectivity index (χ0v) is 14.3. The van der Waals surface area contributed by atoms with Gasteiger partial charge in [0.05, 0.1) is 5.69 Å². The summed E-state index contributed by atoms with van der Waals surface area (Å²) in [6.45, 7) is 0. The number of carbonyl (C=O) groups excluding carboxylic acids is 2. The molecule has 3 aromatic carbocycles. The molecule has 1 aliphatic heterocycles. The van der Waals surface area contributed by atoms with Crippen LogP contribution in [0, 0.1) is 5.82 Å². The third-order valence-corrected chi connectivity index (χ3v) is 6.10. The number of amides is 1. The standard InChI is InChI=1S/C21H12FNO2S/c22-16-9-1-2-10-17(16)23-18(24)11-12-26-21(23)15-8-4-6-13-5-3-7-14(19(13)15)20(21)25/h1-12H. The first-order chi connectivity index (χ1) is 12.6. The quantitative estimate of drug-likeness (QED) is 0.635. The Kier molecular flexibility index (Phi) is 3.12. The van der Waals surface area contributed by atoms with Gasteiger partial charge in [-0.25, -0.2) is 4.39 Å². The first-order valence-electron chi connectivity index (χ1n) is 8.15. The molecular weight excluding hydrogens is 349 g/mol. The SMILES string of the molecule is O=C1C=CSC2(C(=O)c3cccc4cccc2c34)N1c1ccccc1F. The maximum Gasteiger partial charge on any atom is 0.253 e. The van der Waals surface area contributed by atoms with Crippen LogP contribution in [0.2, 0.25) is 0 Å². The van der Waals surface area contributed by atoms with Crippen molar-refractivity contribution >= 4 is 39.9 Å². The molecule has 3 nitrogen and oxygen atoms in total. The van der Waals surface area contributed by atoms with Crippen molar-refractivity contribution in [3.05, 3.63) is 89.1 Å². The number of fused-ring (bicyclic) bond motifs is 1. The first kappa shape index (κ1) is 15.3. The third-order valence-electron chi connectivity index (χ3n) is 4.90. The summed E-state index contributed by atoms with van der Waals surface area (Å²) in [5.74, 6) is -1.14. The van der Waals surface area contributed by atoms with Gasteiger partial charge >= 0.3 is 0 Å². The van der Waals surface area contributed by atoms with Crippen molar-refractivity contribution in [3.8, 4) is 0 Å². The van der Waals surface area contributed by atoms with Crippen molar-refractivity contribution in [2.24, 2.45) is 0 Å². The van der Waals surface area contributed by atoms with Crippen LogP contribution in [0.1, 0.15) is 15.9 Å². The molecule has 5 heteroatoms. The molecule has 0 saturated carbocycles. The Labute approximate surface area is 153 Å². The van der Waals surface area contributed by atoms with E-state index in [1.807, 2.05) is 30.3 Å². The number of rotatable bonds is 1. The molecule has 26 heavy (non-hydrogen) atoms. The minimum atomic E-state index is -1.32. The molecule has 1 aliphatic carbocycles. The van der Waals surface area contributed by atoms with Crippen LogP contribution in [0.25, 0.3) is 10.8 Å². The van der Waals surface area contributed by atoms with Gasteiger partial charge in [0.25, 0.3) is 5.91 Å². The lowest BCUT2D eigenvalue weighted by atomic mass is 10.0. The maximum absolute atomic E-state index is 14.6. The normalized spacial score (nSPS) is 21.2. The Morgan fingerprint density at radius 1 is 0.923 bits per heavy atom. The van der Waals surface area contributed by atoms with Gasteiger partial charge in [0, 0.05) is 17.2 Å². The van der Waals surface area contributed by atoms with Gasteiger partial charge in [0.2, 0.25) is 5.78 Å². The molecule has 0 bridgehead atoms. The number of carbonyl (C=O) groups is 2. The summed E-state index contributed by atoms with van der Waals surface area (Å²) in [6, 6.07) is 17.2. The van der Waals surface area contributed by atoms with Gasteiger partial charge in [0.1, 0.15) is 5.82 Å². The Hall–Kier alpha value is -2.92. The van der Waals surface area contributed by atoms with Crippen molar-refractivity contribution in [1.29, 1.82) is 0 Å². The fourth-order valence-corrected chi connectivity index (χ4v) is 5.04. The van der Waals surface area contributed by atoms with E-state index in [4.69, 9.17) is 0 Å². The smallest absolute Gasteiger partial charge is 0.253 e. The molecule has 0 N–H and O–H groups in total. The predicted octanol–water partition coefficient (Wildman–Crippen LogP) is 4.62. The second-order valence-corrected chi connectivity index (χ2v) is 7.33. The Morgan fingerprint density at radius 3 is 2.50 bits per heavy atom. The van der Waals surface area contributed by atoms with E-state index in [0.717, 1.165) is 16.3 Å². The number of hydrogen-bond acceptors (Lipinski definition) is 3. The highest BCUT2D eigenvalue weighted by Crippen LogP contribution is 2.54. The van der Waals surface area contributed by atoms with Crippen LogP contribution in [0.5, 0.6) is 0 Å². The third kappa shape index (κ3) is 1.78. The van der Waals surface area contributed by atoms with Gasteiger partial charge in [-0.3, -0.25) is 14.5 Å². The van der Waals surface area contributed by atoms with E-state index in [-0.39, 0.29) is 11.5 Å². The van der Waals surface area contributed by atoms with Gasteiger partial charge < -0.3 is 0 Å². The average Bonchev–Trinajstić information content (AvgIpc) is 2.89. The van der Waals surface area contributed by atoms with Gasteiger partial charge in [-0.2, -0.15) is 0 Å². The largest absolute Gasteiger partial charge is 0.290 e. The molecule has 3 aromatic rings. The van der Waals surface area contributed by atoms with Crippen LogP contribution in [-0.4, -0.2) is 11.7 Å². The van der Waals surface area contributed by atoms with Gasteiger partial charge in [-0.15, -0.1) is 0 Å². The fraction of sp³-hybridized carbons (Fsp3) is 0.0476. The number of hydrogen-bond donors (Lipinski definition) is 0. The average molecular weight is 361 g/mol. The molecule has 1 heterocycles. The lowest BCUT2D eigenvalue weighted by Crippen LogP contribution is -2.52. The van der Waals surface area contributed by atoms with E-state index in [0.29, 0.717) is 5.56 Å². The maximum atomic E-state index is 14.6. The molecule has 1 unspecified atom stereocenters. The molecule has 1 spiro atoms. The summed E-state index contributed by atoms with van der Waals surface area (Å²) < 4.78 is 14.6. The summed E-state index contributed by atoms with van der Waals surface area (Å²) in [5.41, 5.74) is 1.39. The molecule has 1 atom stereocenters. The lowest BCUT2D eigenvalue weighted by Gasteiger charge is -2.41. The van der Waals surface area contributed by atoms with Crippen molar-refractivity contribution in [2.45, 2.75) is 4.87 Å². The van der Waals surface area contributed by atoms with Gasteiger partial charge in [0.15, 0.2) is 4.87 Å². The van der Waals surface area contributed by atoms with Crippen molar-refractivity contribution in [1.82, 2.24) is 0 Å². The van der Waals surface area contributed by atoms with E-state index < -0.39 is 16.6 Å². The minimum absolute atomic E-state index is 0.104. The van der Waals surface area contributed by atoms with Crippen molar-refractivity contribution < 1.29 is 14.0 Å². The molecule has 2 aliphatic rings. The molecule has 0 radical (unpaired) electrons. The van der Waals surface area contributed by atoms with Crippen molar-refractivity contribution in [3.63, 3.8) is 0 Å². The van der Waals surface area contributed by atoms with E-state index >= 15 is 0 Å². The molecule has 0 aromatic heterocycles. The Balaban J connectivity index is 1.87. The second kappa shape index (κ2) is 5.29. The highest BCUT2D eigenvalue weighted by molar-refractivity contribution is 8.04. The van der Waals surface area contributed by atoms with Crippen LogP contribution < -0.4 is 4.90 Å². The summed E-state index contributed by atoms with van der Waals surface area (Å²) >= 11 is 1.23. The molecule has 1 amide bonds. The van der Waals surface area contributed by atoms with Crippen molar-refractivity contribution in [2.75, 3.05) is 4.90 Å². The molecule has 5 rings (SSSR count). The minimum Gasteiger partial charge on any atom is -0.290 e. The number of thioether (sulfide) groups is 1. The zero-order valence-electron chi connectivity index (χ0n) is 13.5. The molecule has 126 valence electrons. The highest BCUT2D eigenvalue weighted by Gasteiger charge is 2.55. The van der Waals surface area contributed by atoms with Crippen LogP contribution >= 0.6 is 11.8 Å². The Bertz CT molecular complexity index is 1130. The van der Waals surface area contributed by atoms with E-state index in [1.54, 1.807) is 23.6 Å². The number of ketones is 1. The number of nitrogens with zero attached hydrogens (tertiary/aromatic N) is 1. The van der Waals surface area contributed by atoms with Crippen LogP contribution in [0.15, 0.2) is 72.1 Å².